The highest BCUT2D eigenvalue weighted by Crippen LogP contribution is 2.29. The van der Waals surface area contributed by atoms with Crippen molar-refractivity contribution in [1.29, 1.82) is 0 Å². The summed E-state index contributed by atoms with van der Waals surface area (Å²) < 4.78 is 41.5. The van der Waals surface area contributed by atoms with Crippen molar-refractivity contribution in [1.82, 2.24) is 0 Å². The van der Waals surface area contributed by atoms with Gasteiger partial charge < -0.3 is 4.74 Å². The van der Waals surface area contributed by atoms with Gasteiger partial charge in [-0.3, -0.25) is 0 Å². The Balaban J connectivity index is 2.48. The Morgan fingerprint density at radius 2 is 2.07 bits per heavy atom. The summed E-state index contributed by atoms with van der Waals surface area (Å²) in [6.45, 7) is -3.00. The van der Waals surface area contributed by atoms with E-state index in [0.29, 0.717) is 5.39 Å². The first-order valence-corrected chi connectivity index (χ1v) is 4.66. The number of thiophene rings is 1. The second-order valence-electron chi connectivity index (χ2n) is 2.62. The van der Waals surface area contributed by atoms with Crippen molar-refractivity contribution in [3.63, 3.8) is 0 Å². The van der Waals surface area contributed by atoms with Gasteiger partial charge in [0.2, 0.25) is 0 Å². The Morgan fingerprint density at radius 1 is 1.29 bits per heavy atom. The molecule has 14 heavy (non-hydrogen) atoms. The van der Waals surface area contributed by atoms with Gasteiger partial charge in [-0.2, -0.15) is 8.78 Å². The molecule has 0 bridgehead atoms. The maximum Gasteiger partial charge on any atom is 0.387 e. The van der Waals surface area contributed by atoms with Gasteiger partial charge in [0.05, 0.1) is 0 Å². The summed E-state index contributed by atoms with van der Waals surface area (Å²) >= 11 is 1.35. The third-order valence-electron chi connectivity index (χ3n) is 1.72. The molecule has 0 saturated carbocycles. The average Bonchev–Trinajstić information content (AvgIpc) is 2.51. The van der Waals surface area contributed by atoms with E-state index in [1.807, 2.05) is 0 Å². The molecule has 0 amide bonds. The molecular formula is C9H5F3OS. The molecule has 0 aliphatic heterocycles. The van der Waals surface area contributed by atoms with E-state index < -0.39 is 18.2 Å². The van der Waals surface area contributed by atoms with Gasteiger partial charge in [0.1, 0.15) is 0 Å². The topological polar surface area (TPSA) is 9.23 Å². The molecule has 1 heterocycles. The van der Waals surface area contributed by atoms with E-state index in [1.165, 1.54) is 23.5 Å². The molecule has 0 fully saturated rings. The number of benzene rings is 1. The second-order valence-corrected chi connectivity index (χ2v) is 3.57. The van der Waals surface area contributed by atoms with Crippen molar-refractivity contribution in [2.24, 2.45) is 0 Å². The largest absolute Gasteiger partial charge is 0.432 e. The van der Waals surface area contributed by atoms with Gasteiger partial charge in [-0.15, -0.1) is 11.3 Å². The first-order valence-electron chi connectivity index (χ1n) is 3.78. The Kier molecular flexibility index (Phi) is 2.33. The number of alkyl halides is 2. The number of ether oxygens (including phenoxy) is 1. The van der Waals surface area contributed by atoms with Crippen LogP contribution in [0.2, 0.25) is 0 Å². The van der Waals surface area contributed by atoms with Crippen molar-refractivity contribution >= 4 is 21.4 Å². The lowest BCUT2D eigenvalue weighted by Crippen LogP contribution is -2.03. The van der Waals surface area contributed by atoms with E-state index in [9.17, 15) is 13.2 Å². The Morgan fingerprint density at radius 3 is 2.79 bits per heavy atom. The fraction of sp³-hybridized carbons (Fsp3) is 0.111. The lowest BCUT2D eigenvalue weighted by Gasteiger charge is -2.05. The van der Waals surface area contributed by atoms with E-state index in [-0.39, 0.29) is 0 Å². The predicted molar refractivity (Wildman–Crippen MR) is 48.4 cm³/mol. The Hall–Kier alpha value is -1.23. The fourth-order valence-electron chi connectivity index (χ4n) is 1.15. The molecule has 2 aromatic rings. The lowest BCUT2D eigenvalue weighted by atomic mass is 10.2. The van der Waals surface area contributed by atoms with Crippen molar-refractivity contribution in [2.45, 2.75) is 6.61 Å². The van der Waals surface area contributed by atoms with Crippen LogP contribution in [0.4, 0.5) is 13.2 Å². The molecule has 0 radical (unpaired) electrons. The summed E-state index contributed by atoms with van der Waals surface area (Å²) in [5.41, 5.74) is 0. The highest BCUT2D eigenvalue weighted by atomic mass is 32.1. The molecule has 0 N–H and O–H groups in total. The third-order valence-corrected chi connectivity index (χ3v) is 2.60. The van der Waals surface area contributed by atoms with Gasteiger partial charge in [-0.25, -0.2) is 4.39 Å². The quantitative estimate of drug-likeness (QED) is 0.747. The zero-order valence-corrected chi connectivity index (χ0v) is 7.65. The minimum Gasteiger partial charge on any atom is -0.432 e. The monoisotopic (exact) mass is 218 g/mol. The average molecular weight is 218 g/mol. The summed E-state index contributed by atoms with van der Waals surface area (Å²) in [6, 6.07) is 4.18. The van der Waals surface area contributed by atoms with Crippen molar-refractivity contribution in [3.8, 4) is 5.75 Å². The van der Waals surface area contributed by atoms with Crippen LogP contribution in [0.25, 0.3) is 10.1 Å². The van der Waals surface area contributed by atoms with Crippen LogP contribution in [-0.4, -0.2) is 6.61 Å². The number of rotatable bonds is 2. The van der Waals surface area contributed by atoms with E-state index in [2.05, 4.69) is 4.74 Å². The minimum absolute atomic E-state index is 0.407. The molecular weight excluding hydrogens is 213 g/mol. The van der Waals surface area contributed by atoms with Crippen molar-refractivity contribution in [3.05, 3.63) is 29.4 Å². The maximum atomic E-state index is 13.1. The van der Waals surface area contributed by atoms with E-state index in [0.717, 1.165) is 4.70 Å². The normalized spacial score (nSPS) is 11.1. The maximum absolute atomic E-state index is 13.1. The lowest BCUT2D eigenvalue weighted by molar-refractivity contribution is -0.0520. The van der Waals surface area contributed by atoms with Crippen LogP contribution in [0, 0.1) is 5.82 Å². The van der Waals surface area contributed by atoms with Crippen LogP contribution >= 0.6 is 11.3 Å². The summed E-state index contributed by atoms with van der Waals surface area (Å²) in [5.74, 6) is -1.17. The van der Waals surface area contributed by atoms with Gasteiger partial charge in [0, 0.05) is 10.8 Å². The molecule has 74 valence electrons. The number of hydrogen-bond donors (Lipinski definition) is 0. The highest BCUT2D eigenvalue weighted by Gasteiger charge is 2.11. The first kappa shape index (κ1) is 9.33. The standard InChI is InChI=1S/C9H5F3OS/c10-6-3-5-1-2-14-8(5)4-7(6)13-9(11)12/h1-4,9H. The fourth-order valence-corrected chi connectivity index (χ4v) is 1.95. The first-order chi connectivity index (χ1) is 6.66. The zero-order chi connectivity index (χ0) is 10.1. The molecule has 2 rings (SSSR count). The van der Waals surface area contributed by atoms with Crippen LogP contribution < -0.4 is 4.74 Å². The zero-order valence-electron chi connectivity index (χ0n) is 6.84. The van der Waals surface area contributed by atoms with Gasteiger partial charge in [-0.05, 0) is 22.9 Å². The van der Waals surface area contributed by atoms with Crippen molar-refractivity contribution < 1.29 is 17.9 Å². The van der Waals surface area contributed by atoms with Crippen LogP contribution in [0.3, 0.4) is 0 Å². The summed E-state index contributed by atoms with van der Waals surface area (Å²) in [7, 11) is 0. The van der Waals surface area contributed by atoms with Crippen LogP contribution in [0.1, 0.15) is 0 Å². The Labute approximate surface area is 81.7 Å². The van der Waals surface area contributed by atoms with Crippen LogP contribution in [-0.2, 0) is 0 Å². The number of fused-ring (bicyclic) bond motifs is 1. The summed E-state index contributed by atoms with van der Waals surface area (Å²) in [4.78, 5) is 0. The van der Waals surface area contributed by atoms with E-state index >= 15 is 0 Å². The smallest absolute Gasteiger partial charge is 0.387 e. The number of halogens is 3. The van der Waals surface area contributed by atoms with Crippen molar-refractivity contribution in [2.75, 3.05) is 0 Å². The van der Waals surface area contributed by atoms with E-state index in [1.54, 1.807) is 11.4 Å². The second kappa shape index (κ2) is 3.49. The van der Waals surface area contributed by atoms with Gasteiger partial charge in [-0.1, -0.05) is 0 Å². The van der Waals surface area contributed by atoms with Gasteiger partial charge in [0.25, 0.3) is 0 Å². The molecule has 0 aliphatic rings. The van der Waals surface area contributed by atoms with Crippen LogP contribution in [0.5, 0.6) is 5.75 Å². The van der Waals surface area contributed by atoms with Gasteiger partial charge in [0.15, 0.2) is 11.6 Å². The minimum atomic E-state index is -3.00. The molecule has 1 aromatic heterocycles. The third kappa shape index (κ3) is 1.68. The van der Waals surface area contributed by atoms with Gasteiger partial charge >= 0.3 is 6.61 Å². The predicted octanol–water partition coefficient (Wildman–Crippen LogP) is 3.64. The molecule has 1 aromatic carbocycles. The molecule has 0 spiro atoms. The molecule has 0 aliphatic carbocycles. The molecule has 1 nitrogen and oxygen atoms in total. The highest BCUT2D eigenvalue weighted by molar-refractivity contribution is 7.17. The SMILES string of the molecule is Fc1cc2ccsc2cc1OC(F)F. The summed E-state index contributed by atoms with van der Waals surface area (Å²) in [5, 5.41) is 2.45. The molecule has 0 atom stereocenters. The number of hydrogen-bond acceptors (Lipinski definition) is 2. The van der Waals surface area contributed by atoms with Crippen LogP contribution in [0.15, 0.2) is 23.6 Å². The molecule has 0 saturated heterocycles. The Bertz CT molecular complexity index is 452. The molecule has 5 heteroatoms. The van der Waals surface area contributed by atoms with E-state index in [4.69, 9.17) is 0 Å². The summed E-state index contributed by atoms with van der Waals surface area (Å²) in [6.07, 6.45) is 0. The molecule has 0 unspecified atom stereocenters.